The summed E-state index contributed by atoms with van der Waals surface area (Å²) in [5, 5.41) is 0. The maximum atomic E-state index is 13.5. The zero-order valence-electron chi connectivity index (χ0n) is 10.2. The molecule has 1 heterocycles. The van der Waals surface area contributed by atoms with Crippen LogP contribution < -0.4 is 16.0 Å². The summed E-state index contributed by atoms with van der Waals surface area (Å²) in [6.07, 6.45) is -4.69. The zero-order chi connectivity index (χ0) is 15.6. The van der Waals surface area contributed by atoms with Crippen molar-refractivity contribution in [1.29, 1.82) is 0 Å². The predicted octanol–water partition coefficient (Wildman–Crippen LogP) is 3.46. The number of hydrogen-bond acceptors (Lipinski definition) is 4. The standard InChI is InChI=1S/C12H8F5N3O/c13-7-5-8(14)11(19-10(7)20-18)21-9-4-2-1-3-6(9)12(15,16)17/h1-5H,18H2,(H,19,20). The molecule has 0 aliphatic heterocycles. The number of hydrogen-bond donors (Lipinski definition) is 2. The molecule has 0 amide bonds. The number of pyridine rings is 1. The second-order valence-electron chi connectivity index (χ2n) is 3.85. The van der Waals surface area contributed by atoms with E-state index >= 15 is 0 Å². The highest BCUT2D eigenvalue weighted by Crippen LogP contribution is 2.38. The molecule has 1 aromatic heterocycles. The normalized spacial score (nSPS) is 11.3. The van der Waals surface area contributed by atoms with Gasteiger partial charge in [0.1, 0.15) is 5.75 Å². The Labute approximate surface area is 115 Å². The number of benzene rings is 1. The lowest BCUT2D eigenvalue weighted by Gasteiger charge is -2.13. The van der Waals surface area contributed by atoms with Gasteiger partial charge in [0.15, 0.2) is 17.5 Å². The molecule has 2 rings (SSSR count). The minimum absolute atomic E-state index is 0.397. The lowest BCUT2D eigenvalue weighted by atomic mass is 10.2. The molecule has 0 saturated carbocycles. The Balaban J connectivity index is 2.44. The number of halogens is 5. The Morgan fingerprint density at radius 2 is 1.76 bits per heavy atom. The Bertz CT molecular complexity index is 660. The minimum atomic E-state index is -4.69. The highest BCUT2D eigenvalue weighted by atomic mass is 19.4. The second kappa shape index (κ2) is 5.52. The molecule has 4 nitrogen and oxygen atoms in total. The van der Waals surface area contributed by atoms with Crippen molar-refractivity contribution in [1.82, 2.24) is 4.98 Å². The van der Waals surface area contributed by atoms with Crippen molar-refractivity contribution >= 4 is 5.82 Å². The van der Waals surface area contributed by atoms with Crippen molar-refractivity contribution < 1.29 is 26.7 Å². The van der Waals surface area contributed by atoms with Crippen molar-refractivity contribution in [2.24, 2.45) is 5.84 Å². The van der Waals surface area contributed by atoms with Gasteiger partial charge in [0.25, 0.3) is 5.88 Å². The van der Waals surface area contributed by atoms with Gasteiger partial charge in [-0.15, -0.1) is 0 Å². The molecule has 1 aromatic carbocycles. The first-order valence-electron chi connectivity index (χ1n) is 5.49. The quantitative estimate of drug-likeness (QED) is 0.518. The molecule has 0 saturated heterocycles. The summed E-state index contributed by atoms with van der Waals surface area (Å²) in [6, 6.07) is 4.57. The summed E-state index contributed by atoms with van der Waals surface area (Å²) < 4.78 is 69.8. The van der Waals surface area contributed by atoms with Gasteiger partial charge in [0.2, 0.25) is 0 Å². The largest absolute Gasteiger partial charge is 0.436 e. The highest BCUT2D eigenvalue weighted by molar-refractivity contribution is 5.42. The van der Waals surface area contributed by atoms with Crippen LogP contribution in [0.3, 0.4) is 0 Å². The monoisotopic (exact) mass is 305 g/mol. The van der Waals surface area contributed by atoms with Gasteiger partial charge in [-0.05, 0) is 12.1 Å². The molecule has 0 aliphatic carbocycles. The Morgan fingerprint density at radius 1 is 1.10 bits per heavy atom. The third-order valence-corrected chi connectivity index (χ3v) is 2.43. The molecule has 0 fully saturated rings. The molecular weight excluding hydrogens is 297 g/mol. The van der Waals surface area contributed by atoms with Crippen LogP contribution in [0.15, 0.2) is 30.3 Å². The lowest BCUT2D eigenvalue weighted by molar-refractivity contribution is -0.138. The fourth-order valence-electron chi connectivity index (χ4n) is 1.52. The molecule has 3 N–H and O–H groups in total. The average molecular weight is 305 g/mol. The molecule has 112 valence electrons. The molecule has 0 aliphatic rings. The molecule has 0 bridgehead atoms. The Kier molecular flexibility index (Phi) is 3.94. The first kappa shape index (κ1) is 15.0. The molecule has 9 heteroatoms. The summed E-state index contributed by atoms with van der Waals surface area (Å²) in [5.74, 6) is 0.533. The summed E-state index contributed by atoms with van der Waals surface area (Å²) in [4.78, 5) is 3.33. The second-order valence-corrected chi connectivity index (χ2v) is 3.85. The molecule has 21 heavy (non-hydrogen) atoms. The number of rotatable bonds is 3. The van der Waals surface area contributed by atoms with Gasteiger partial charge < -0.3 is 10.2 Å². The van der Waals surface area contributed by atoms with E-state index in [0.717, 1.165) is 18.2 Å². The van der Waals surface area contributed by atoms with Crippen molar-refractivity contribution in [2.75, 3.05) is 5.43 Å². The predicted molar refractivity (Wildman–Crippen MR) is 63.5 cm³/mol. The number of ether oxygens (including phenoxy) is 1. The number of nitrogens with two attached hydrogens (primary N) is 1. The fourth-order valence-corrected chi connectivity index (χ4v) is 1.52. The summed E-state index contributed by atoms with van der Waals surface area (Å²) in [5.41, 5.74) is 0.725. The third-order valence-electron chi connectivity index (χ3n) is 2.43. The summed E-state index contributed by atoms with van der Waals surface area (Å²) >= 11 is 0. The minimum Gasteiger partial charge on any atom is -0.436 e. The fraction of sp³-hybridized carbons (Fsp3) is 0.0833. The van der Waals surface area contributed by atoms with Crippen LogP contribution in [0, 0.1) is 11.6 Å². The highest BCUT2D eigenvalue weighted by Gasteiger charge is 2.34. The van der Waals surface area contributed by atoms with Crippen molar-refractivity contribution in [2.45, 2.75) is 6.18 Å². The number of alkyl halides is 3. The van der Waals surface area contributed by atoms with Gasteiger partial charge >= 0.3 is 6.18 Å². The van der Waals surface area contributed by atoms with Crippen LogP contribution in [-0.2, 0) is 6.18 Å². The number of anilines is 1. The van der Waals surface area contributed by atoms with Crippen LogP contribution in [-0.4, -0.2) is 4.98 Å². The lowest BCUT2D eigenvalue weighted by Crippen LogP contribution is -2.12. The third kappa shape index (κ3) is 3.19. The van der Waals surface area contributed by atoms with Gasteiger partial charge in [-0.1, -0.05) is 12.1 Å². The number of aromatic nitrogens is 1. The van der Waals surface area contributed by atoms with Crippen LogP contribution in [0.25, 0.3) is 0 Å². The number of nitrogens with one attached hydrogen (secondary N) is 1. The Hall–Kier alpha value is -2.42. The van der Waals surface area contributed by atoms with Crippen LogP contribution in [0.4, 0.5) is 27.8 Å². The van der Waals surface area contributed by atoms with Crippen LogP contribution in [0.1, 0.15) is 5.56 Å². The van der Waals surface area contributed by atoms with E-state index in [9.17, 15) is 22.0 Å². The maximum Gasteiger partial charge on any atom is 0.419 e. The molecule has 0 radical (unpaired) electrons. The van der Waals surface area contributed by atoms with Gasteiger partial charge in [-0.2, -0.15) is 18.2 Å². The maximum absolute atomic E-state index is 13.5. The number of hydrazine groups is 1. The van der Waals surface area contributed by atoms with Gasteiger partial charge in [0, 0.05) is 6.07 Å². The van der Waals surface area contributed by atoms with Crippen molar-refractivity contribution in [3.05, 3.63) is 47.5 Å². The number of nitrogens with zero attached hydrogens (tertiary/aromatic N) is 1. The molecule has 0 atom stereocenters. The Morgan fingerprint density at radius 3 is 2.38 bits per heavy atom. The number of para-hydroxylation sites is 1. The van der Waals surface area contributed by atoms with Gasteiger partial charge in [-0.25, -0.2) is 14.6 Å². The van der Waals surface area contributed by atoms with Crippen molar-refractivity contribution in [3.63, 3.8) is 0 Å². The van der Waals surface area contributed by atoms with E-state index in [1.165, 1.54) is 6.07 Å². The van der Waals surface area contributed by atoms with Crippen LogP contribution >= 0.6 is 0 Å². The SMILES string of the molecule is NNc1nc(Oc2ccccc2C(F)(F)F)c(F)cc1F. The molecule has 2 aromatic rings. The van der Waals surface area contributed by atoms with E-state index in [2.05, 4.69) is 4.98 Å². The van der Waals surface area contributed by atoms with E-state index in [-0.39, 0.29) is 0 Å². The van der Waals surface area contributed by atoms with E-state index in [4.69, 9.17) is 10.6 Å². The molecular formula is C12H8F5N3O. The van der Waals surface area contributed by atoms with Crippen molar-refractivity contribution in [3.8, 4) is 11.6 Å². The first-order valence-corrected chi connectivity index (χ1v) is 5.49. The van der Waals surface area contributed by atoms with E-state index in [1.54, 1.807) is 0 Å². The summed E-state index contributed by atoms with van der Waals surface area (Å²) in [7, 11) is 0. The topological polar surface area (TPSA) is 60.2 Å². The molecule has 0 spiro atoms. The van der Waals surface area contributed by atoms with Gasteiger partial charge in [-0.3, -0.25) is 0 Å². The first-order chi connectivity index (χ1) is 9.82. The van der Waals surface area contributed by atoms with E-state index in [0.29, 0.717) is 6.07 Å². The summed E-state index contributed by atoms with van der Waals surface area (Å²) in [6.45, 7) is 0. The molecule has 0 unspecified atom stereocenters. The van der Waals surface area contributed by atoms with Crippen LogP contribution in [0.2, 0.25) is 0 Å². The van der Waals surface area contributed by atoms with Gasteiger partial charge in [0.05, 0.1) is 5.56 Å². The average Bonchev–Trinajstić information content (AvgIpc) is 2.41. The smallest absolute Gasteiger partial charge is 0.419 e. The number of nitrogen functional groups attached to an aromatic ring is 1. The van der Waals surface area contributed by atoms with E-state index < -0.39 is 40.8 Å². The van der Waals surface area contributed by atoms with Crippen LogP contribution in [0.5, 0.6) is 11.6 Å². The zero-order valence-corrected chi connectivity index (χ0v) is 10.2. The van der Waals surface area contributed by atoms with E-state index in [1.807, 2.05) is 5.43 Å².